The van der Waals surface area contributed by atoms with E-state index in [1.807, 2.05) is 0 Å². The van der Waals surface area contributed by atoms with Gasteiger partial charge in [0.15, 0.2) is 34.6 Å². The molecule has 6 rings (SSSR count). The summed E-state index contributed by atoms with van der Waals surface area (Å²) in [6.45, 7) is 0. The van der Waals surface area contributed by atoms with Crippen LogP contribution in [0.3, 0.4) is 0 Å². The van der Waals surface area contributed by atoms with E-state index in [9.17, 15) is 20.1 Å². The Morgan fingerprint density at radius 3 is 1.46 bits per heavy atom. The third kappa shape index (κ3) is 10.9. The topological polar surface area (TPSA) is 231 Å². The summed E-state index contributed by atoms with van der Waals surface area (Å²) in [5, 5.41) is 33.6. The highest BCUT2D eigenvalue weighted by atomic mass is 35.5. The largest absolute Gasteiger partial charge is 0.370 e. The summed E-state index contributed by atoms with van der Waals surface area (Å²) >= 11 is 26.9. The fourth-order valence-corrected chi connectivity index (χ4v) is 7.82. The molecule has 0 bridgehead atoms. The smallest absolute Gasteiger partial charge is 0.234 e. The number of hydrogen-bond donors (Lipinski definition) is 6. The van der Waals surface area contributed by atoms with Crippen molar-refractivity contribution in [1.82, 2.24) is 10.6 Å². The quantitative estimate of drug-likeness (QED) is 0.0963. The Bertz CT molecular complexity index is 2310. The number of halogens is 4. The third-order valence-corrected chi connectivity index (χ3v) is 10.9. The minimum Gasteiger partial charge on any atom is -0.370 e. The van der Waals surface area contributed by atoms with Gasteiger partial charge in [-0.3, -0.25) is 9.59 Å². The van der Waals surface area contributed by atoms with Crippen LogP contribution < -0.4 is 32.7 Å². The lowest BCUT2D eigenvalue weighted by Gasteiger charge is -2.19. The van der Waals surface area contributed by atoms with E-state index in [1.165, 1.54) is 0 Å². The number of carbonyl (C=O) groups is 2. The molecule has 0 saturated heterocycles. The van der Waals surface area contributed by atoms with E-state index in [0.717, 1.165) is 23.5 Å². The summed E-state index contributed by atoms with van der Waals surface area (Å²) in [4.78, 5) is 43.3. The van der Waals surface area contributed by atoms with E-state index in [-0.39, 0.29) is 41.7 Å². The molecule has 8 N–H and O–H groups in total. The van der Waals surface area contributed by atoms with Crippen LogP contribution in [0.15, 0.2) is 92.8 Å². The monoisotopic (exact) mass is 876 g/mol. The molecular formula is C37H28Cl4N12O2S2. The normalized spacial score (nSPS) is 16.0. The van der Waals surface area contributed by atoms with Gasteiger partial charge in [-0.1, -0.05) is 94.2 Å². The van der Waals surface area contributed by atoms with Gasteiger partial charge in [-0.2, -0.15) is 10.5 Å². The Morgan fingerprint density at radius 1 is 0.649 bits per heavy atom. The number of nitrogens with one attached hydrogen (secondary N) is 4. The van der Waals surface area contributed by atoms with Crippen LogP contribution in [0.5, 0.6) is 0 Å². The molecule has 57 heavy (non-hydrogen) atoms. The zero-order valence-electron chi connectivity index (χ0n) is 29.2. The number of guanidine groups is 2. The maximum Gasteiger partial charge on any atom is 0.234 e. The van der Waals surface area contributed by atoms with E-state index in [1.54, 1.807) is 72.8 Å². The summed E-state index contributed by atoms with van der Waals surface area (Å²) in [5.74, 6) is -0.501. The lowest BCUT2D eigenvalue weighted by molar-refractivity contribution is -0.114. The van der Waals surface area contributed by atoms with Crippen LogP contribution in [0.25, 0.3) is 0 Å². The molecule has 2 aliphatic rings. The predicted molar refractivity (Wildman–Crippen MR) is 230 cm³/mol. The number of nitrogens with zero attached hydrogens (tertiary/aromatic N) is 6. The van der Waals surface area contributed by atoms with E-state index in [2.05, 4.69) is 53.4 Å². The van der Waals surface area contributed by atoms with Crippen LogP contribution in [0.1, 0.15) is 45.7 Å². The zero-order chi connectivity index (χ0) is 40.6. The van der Waals surface area contributed by atoms with Crippen molar-refractivity contribution in [3.05, 3.63) is 126 Å². The molecule has 2 heterocycles. The number of anilines is 2. The second-order valence-corrected chi connectivity index (χ2v) is 15.7. The molecule has 14 nitrogen and oxygen atoms in total. The van der Waals surface area contributed by atoms with Crippen molar-refractivity contribution < 1.29 is 9.59 Å². The molecule has 0 unspecified atom stereocenters. The van der Waals surface area contributed by atoms with Crippen LogP contribution in [-0.4, -0.2) is 45.6 Å². The number of carbonyl (C=O) groups excluding carboxylic acids is 2. The van der Waals surface area contributed by atoms with Crippen molar-refractivity contribution in [1.29, 1.82) is 10.5 Å². The molecule has 0 radical (unpaired) electrons. The van der Waals surface area contributed by atoms with Crippen molar-refractivity contribution in [2.75, 3.05) is 22.1 Å². The minimum atomic E-state index is -0.707. The molecule has 0 aromatic heterocycles. The average Bonchev–Trinajstić information content (AvgIpc) is 3.17. The number of hydrogen-bond acceptors (Lipinski definition) is 14. The molecular weight excluding hydrogens is 850 g/mol. The number of amides is 2. The summed E-state index contributed by atoms with van der Waals surface area (Å²) < 4.78 is 0. The maximum absolute atomic E-state index is 12.9. The second kappa shape index (κ2) is 18.7. The van der Waals surface area contributed by atoms with Crippen LogP contribution in [-0.2, 0) is 16.0 Å². The standard InChI is InChI=1S/C37H28Cl4N12O2S2/c38-22-3-7-26(28(40)12-22)32-48-34(44)52-36(50-32)56-16-30(54)46-24-5-1-18(20(10-24)14-42)9-19-2-6-25(11-21(19)15-43)47-31(55)17-57-37-51-33(49-35(45)53-37)27-8-4-23(39)13-29(27)41/h1-8,10-13,32-33H,9,16-17H2,(H,46,54)(H,47,55)(H3,44,48,50,52)(H3,45,49,51,53)/t32-,33-/m0/s1. The van der Waals surface area contributed by atoms with E-state index < -0.39 is 12.3 Å². The van der Waals surface area contributed by atoms with Crippen LogP contribution >= 0.6 is 69.9 Å². The van der Waals surface area contributed by atoms with E-state index >= 15 is 0 Å². The Hall–Kier alpha value is -5.46. The first-order valence-corrected chi connectivity index (χ1v) is 20.0. The Kier molecular flexibility index (Phi) is 13.5. The maximum atomic E-state index is 12.9. The van der Waals surface area contributed by atoms with Gasteiger partial charge in [0.25, 0.3) is 0 Å². The summed E-state index contributed by atoms with van der Waals surface area (Å²) in [5.41, 5.74) is 15.9. The zero-order valence-corrected chi connectivity index (χ0v) is 33.8. The second-order valence-electron chi connectivity index (χ2n) is 12.0. The number of nitriles is 2. The summed E-state index contributed by atoms with van der Waals surface area (Å²) in [6, 6.07) is 24.2. The number of nitrogens with two attached hydrogens (primary N) is 2. The highest BCUT2D eigenvalue weighted by Crippen LogP contribution is 2.33. The minimum absolute atomic E-state index is 0.0217. The van der Waals surface area contributed by atoms with Gasteiger partial charge in [0.05, 0.1) is 34.8 Å². The van der Waals surface area contributed by atoms with Gasteiger partial charge in [0.2, 0.25) is 11.8 Å². The van der Waals surface area contributed by atoms with Crippen molar-refractivity contribution in [2.24, 2.45) is 31.4 Å². The molecule has 2 aliphatic heterocycles. The van der Waals surface area contributed by atoms with E-state index in [0.29, 0.717) is 75.2 Å². The van der Waals surface area contributed by atoms with Crippen molar-refractivity contribution >= 4 is 115 Å². The molecule has 4 aromatic carbocycles. The molecule has 288 valence electrons. The molecule has 0 saturated carbocycles. The fourth-order valence-electron chi connectivity index (χ4n) is 5.43. The molecule has 0 aliphatic carbocycles. The molecule has 0 spiro atoms. The van der Waals surface area contributed by atoms with Gasteiger partial charge < -0.3 is 32.7 Å². The highest BCUT2D eigenvalue weighted by Gasteiger charge is 2.22. The van der Waals surface area contributed by atoms with Crippen LogP contribution in [0, 0.1) is 22.7 Å². The number of amidine groups is 2. The first-order chi connectivity index (χ1) is 27.4. The lowest BCUT2D eigenvalue weighted by Crippen LogP contribution is -2.39. The summed E-state index contributed by atoms with van der Waals surface area (Å²) in [6.07, 6.45) is -1.16. The van der Waals surface area contributed by atoms with Gasteiger partial charge in [0.1, 0.15) is 0 Å². The van der Waals surface area contributed by atoms with Gasteiger partial charge >= 0.3 is 0 Å². The number of aliphatic imine (C=N–C) groups is 4. The van der Waals surface area contributed by atoms with Crippen LogP contribution in [0.2, 0.25) is 20.1 Å². The number of benzene rings is 4. The first kappa shape index (κ1) is 41.2. The molecule has 20 heteroatoms. The molecule has 2 amide bonds. The van der Waals surface area contributed by atoms with Crippen molar-refractivity contribution in [2.45, 2.75) is 18.8 Å². The first-order valence-electron chi connectivity index (χ1n) is 16.5. The SMILES string of the molecule is N#Cc1cc(NC(=O)CSC2=N[C@@H](c3ccc(Cl)cc3Cl)N=C(N)N2)ccc1Cc1ccc(NC(=O)CSC2=N[C@@H](c3ccc(Cl)cc3Cl)N=C(N)N2)cc1C#N. The number of thioether (sulfide) groups is 2. The number of rotatable bonds is 10. The van der Waals surface area contributed by atoms with Gasteiger partial charge in [-0.25, -0.2) is 20.0 Å². The molecule has 2 atom stereocenters. The van der Waals surface area contributed by atoms with Gasteiger partial charge in [-0.15, -0.1) is 0 Å². The van der Waals surface area contributed by atoms with Crippen molar-refractivity contribution in [3.63, 3.8) is 0 Å². The molecule has 4 aromatic rings. The Balaban J connectivity index is 1.03. The predicted octanol–water partition coefficient (Wildman–Crippen LogP) is 6.92. The third-order valence-electron chi connectivity index (χ3n) is 8.04. The fraction of sp³-hybridized carbons (Fsp3) is 0.135. The van der Waals surface area contributed by atoms with Gasteiger partial charge in [-0.05, 0) is 59.7 Å². The molecule has 0 fully saturated rings. The van der Waals surface area contributed by atoms with Crippen molar-refractivity contribution in [3.8, 4) is 12.1 Å². The highest BCUT2D eigenvalue weighted by molar-refractivity contribution is 8.14. The average molecular weight is 879 g/mol. The Labute approximate surface area is 354 Å². The lowest BCUT2D eigenvalue weighted by atomic mass is 9.96. The summed E-state index contributed by atoms with van der Waals surface area (Å²) in [7, 11) is 0. The Morgan fingerprint density at radius 2 is 1.07 bits per heavy atom. The van der Waals surface area contributed by atoms with Crippen LogP contribution in [0.4, 0.5) is 11.4 Å². The van der Waals surface area contributed by atoms with Gasteiger partial charge in [0, 0.05) is 49.0 Å². The van der Waals surface area contributed by atoms with E-state index in [4.69, 9.17) is 57.9 Å².